The highest BCUT2D eigenvalue weighted by Gasteiger charge is 2.31. The molecule has 5 heteroatoms. The Morgan fingerprint density at radius 1 is 1.35 bits per heavy atom. The van der Waals surface area contributed by atoms with Gasteiger partial charge >= 0.3 is 0 Å². The molecular formula is C15H14ClN3S. The number of nitrogen functional groups attached to an aromatic ring is 1. The first-order chi connectivity index (χ1) is 9.69. The molecule has 20 heavy (non-hydrogen) atoms. The molecule has 0 saturated heterocycles. The molecule has 1 aromatic heterocycles. The molecule has 3 nitrogen and oxygen atoms in total. The molecule has 1 heterocycles. The Kier molecular flexibility index (Phi) is 3.56. The molecule has 0 spiro atoms. The lowest BCUT2D eigenvalue weighted by atomic mass is 10.1. The smallest absolute Gasteiger partial charge is 0.130 e. The average Bonchev–Trinajstić information content (AvgIpc) is 3.23. The van der Waals surface area contributed by atoms with Crippen molar-refractivity contribution >= 4 is 33.6 Å². The van der Waals surface area contributed by atoms with Crippen LogP contribution in [0.4, 0.5) is 10.7 Å². The minimum atomic E-state index is 0.529. The fourth-order valence-electron chi connectivity index (χ4n) is 2.23. The molecule has 0 radical (unpaired) electrons. The van der Waals surface area contributed by atoms with Gasteiger partial charge in [-0.25, -0.2) is 0 Å². The van der Waals surface area contributed by atoms with E-state index < -0.39 is 0 Å². The van der Waals surface area contributed by atoms with Crippen LogP contribution in [0.1, 0.15) is 34.8 Å². The normalized spacial score (nSPS) is 14.0. The van der Waals surface area contributed by atoms with E-state index in [1.807, 2.05) is 24.3 Å². The zero-order valence-electron chi connectivity index (χ0n) is 10.8. The van der Waals surface area contributed by atoms with E-state index in [0.717, 1.165) is 21.2 Å². The maximum Gasteiger partial charge on any atom is 0.130 e. The fraction of sp³-hybridized carbons (Fsp3) is 0.267. The third-order valence-corrected chi connectivity index (χ3v) is 4.77. The topological polar surface area (TPSA) is 61.8 Å². The molecule has 102 valence electrons. The summed E-state index contributed by atoms with van der Waals surface area (Å²) in [5.41, 5.74) is 9.03. The Morgan fingerprint density at radius 3 is 2.65 bits per heavy atom. The molecule has 1 saturated carbocycles. The first-order valence-corrected chi connectivity index (χ1v) is 7.69. The number of nitrogens with one attached hydrogen (secondary N) is 1. The largest absolute Gasteiger partial charge is 0.397 e. The van der Waals surface area contributed by atoms with Crippen LogP contribution in [0.15, 0.2) is 24.3 Å². The molecule has 0 amide bonds. The van der Waals surface area contributed by atoms with Crippen LogP contribution in [0.2, 0.25) is 5.02 Å². The van der Waals surface area contributed by atoms with Gasteiger partial charge in [0.15, 0.2) is 0 Å². The summed E-state index contributed by atoms with van der Waals surface area (Å²) >= 11 is 7.33. The summed E-state index contributed by atoms with van der Waals surface area (Å²) in [4.78, 5) is 0.616. The number of anilines is 2. The van der Waals surface area contributed by atoms with Crippen LogP contribution in [0.3, 0.4) is 0 Å². The van der Waals surface area contributed by atoms with Gasteiger partial charge in [0.25, 0.3) is 0 Å². The van der Waals surface area contributed by atoms with Gasteiger partial charge in [-0.05, 0) is 36.5 Å². The van der Waals surface area contributed by atoms with Crippen LogP contribution in [0, 0.1) is 11.3 Å². The predicted molar refractivity (Wildman–Crippen MR) is 84.2 cm³/mol. The zero-order chi connectivity index (χ0) is 14.1. The van der Waals surface area contributed by atoms with E-state index in [1.54, 1.807) is 0 Å². The third-order valence-electron chi connectivity index (χ3n) is 3.44. The monoisotopic (exact) mass is 303 g/mol. The van der Waals surface area contributed by atoms with Crippen molar-refractivity contribution in [1.82, 2.24) is 0 Å². The van der Waals surface area contributed by atoms with Gasteiger partial charge in [-0.3, -0.25) is 0 Å². The van der Waals surface area contributed by atoms with Crippen molar-refractivity contribution in [3.63, 3.8) is 0 Å². The standard InChI is InChI=1S/C15H14ClN3S/c16-11-5-1-9(2-6-11)8-19-15-13(10-3-4-10)14(18)12(7-17)20-15/h1-2,5-6,10,19H,3-4,8,18H2. The molecule has 3 rings (SSSR count). The number of rotatable bonds is 4. The molecule has 2 aromatic rings. The summed E-state index contributed by atoms with van der Waals surface area (Å²) in [6, 6.07) is 9.93. The predicted octanol–water partition coefficient (Wildman–Crippen LogP) is 4.34. The Morgan fingerprint density at radius 2 is 2.05 bits per heavy atom. The summed E-state index contributed by atoms with van der Waals surface area (Å²) in [6.07, 6.45) is 2.34. The Bertz CT molecular complexity index is 666. The summed E-state index contributed by atoms with van der Waals surface area (Å²) < 4.78 is 0. The first-order valence-electron chi connectivity index (χ1n) is 6.49. The second-order valence-electron chi connectivity index (χ2n) is 4.95. The first kappa shape index (κ1) is 13.3. The zero-order valence-corrected chi connectivity index (χ0v) is 12.4. The van der Waals surface area contributed by atoms with Gasteiger partial charge in [-0.2, -0.15) is 5.26 Å². The second-order valence-corrected chi connectivity index (χ2v) is 6.41. The van der Waals surface area contributed by atoms with Gasteiger partial charge in [0, 0.05) is 17.1 Å². The van der Waals surface area contributed by atoms with Crippen molar-refractivity contribution in [3.8, 4) is 6.07 Å². The highest BCUT2D eigenvalue weighted by molar-refractivity contribution is 7.17. The molecule has 1 aliphatic carbocycles. The van der Waals surface area contributed by atoms with E-state index >= 15 is 0 Å². The minimum absolute atomic E-state index is 0.529. The van der Waals surface area contributed by atoms with Gasteiger partial charge in [0.1, 0.15) is 10.9 Å². The Balaban J connectivity index is 1.80. The average molecular weight is 304 g/mol. The minimum Gasteiger partial charge on any atom is -0.397 e. The van der Waals surface area contributed by atoms with Crippen LogP contribution < -0.4 is 11.1 Å². The maximum absolute atomic E-state index is 9.11. The molecule has 0 unspecified atom stereocenters. The summed E-state index contributed by atoms with van der Waals surface area (Å²) in [5, 5.41) is 14.3. The van der Waals surface area contributed by atoms with Gasteiger partial charge in [-0.1, -0.05) is 23.7 Å². The van der Waals surface area contributed by atoms with Crippen molar-refractivity contribution in [3.05, 3.63) is 45.3 Å². The van der Waals surface area contributed by atoms with E-state index in [2.05, 4.69) is 11.4 Å². The van der Waals surface area contributed by atoms with E-state index in [4.69, 9.17) is 22.6 Å². The van der Waals surface area contributed by atoms with Gasteiger partial charge in [0.05, 0.1) is 10.7 Å². The molecule has 0 aliphatic heterocycles. The van der Waals surface area contributed by atoms with Crippen LogP contribution in [-0.4, -0.2) is 0 Å². The molecule has 1 fully saturated rings. The van der Waals surface area contributed by atoms with Crippen molar-refractivity contribution in [1.29, 1.82) is 5.26 Å². The van der Waals surface area contributed by atoms with Crippen molar-refractivity contribution in [2.24, 2.45) is 0 Å². The van der Waals surface area contributed by atoms with Gasteiger partial charge in [-0.15, -0.1) is 11.3 Å². The number of hydrogen-bond donors (Lipinski definition) is 2. The van der Waals surface area contributed by atoms with Crippen molar-refractivity contribution in [2.75, 3.05) is 11.1 Å². The number of nitriles is 1. The van der Waals surface area contributed by atoms with Gasteiger partial charge < -0.3 is 11.1 Å². The van der Waals surface area contributed by atoms with Crippen molar-refractivity contribution in [2.45, 2.75) is 25.3 Å². The quantitative estimate of drug-likeness (QED) is 0.883. The van der Waals surface area contributed by atoms with Crippen LogP contribution in [-0.2, 0) is 6.54 Å². The molecule has 3 N–H and O–H groups in total. The summed E-state index contributed by atoms with van der Waals surface area (Å²) in [6.45, 7) is 0.710. The Labute approximate surface area is 127 Å². The molecular weight excluding hydrogens is 290 g/mol. The number of nitrogens with zero attached hydrogens (tertiary/aromatic N) is 1. The highest BCUT2D eigenvalue weighted by atomic mass is 35.5. The number of hydrogen-bond acceptors (Lipinski definition) is 4. The second kappa shape index (κ2) is 5.35. The van der Waals surface area contributed by atoms with Crippen LogP contribution in [0.25, 0.3) is 0 Å². The molecule has 1 aliphatic rings. The molecule has 1 aromatic carbocycles. The number of thiophene rings is 1. The summed E-state index contributed by atoms with van der Waals surface area (Å²) in [7, 11) is 0. The lowest BCUT2D eigenvalue weighted by Gasteiger charge is -2.07. The van der Waals surface area contributed by atoms with Crippen molar-refractivity contribution < 1.29 is 0 Å². The summed E-state index contributed by atoms with van der Waals surface area (Å²) in [5.74, 6) is 0.529. The lowest BCUT2D eigenvalue weighted by molar-refractivity contribution is 1.11. The van der Waals surface area contributed by atoms with Crippen LogP contribution >= 0.6 is 22.9 Å². The van der Waals surface area contributed by atoms with E-state index in [1.165, 1.54) is 24.2 Å². The SMILES string of the molecule is N#Cc1sc(NCc2ccc(Cl)cc2)c(C2CC2)c1N. The van der Waals surface area contributed by atoms with E-state index in [-0.39, 0.29) is 0 Å². The third kappa shape index (κ3) is 2.60. The maximum atomic E-state index is 9.11. The fourth-order valence-corrected chi connectivity index (χ4v) is 3.36. The highest BCUT2D eigenvalue weighted by Crippen LogP contribution is 2.50. The van der Waals surface area contributed by atoms with Crippen LogP contribution in [0.5, 0.6) is 0 Å². The van der Waals surface area contributed by atoms with E-state index in [0.29, 0.717) is 23.0 Å². The molecule has 0 bridgehead atoms. The lowest BCUT2D eigenvalue weighted by Crippen LogP contribution is -2.00. The number of benzene rings is 1. The molecule has 0 atom stereocenters. The number of nitrogens with two attached hydrogens (primary N) is 1. The Hall–Kier alpha value is -1.70. The van der Waals surface area contributed by atoms with E-state index in [9.17, 15) is 0 Å². The van der Waals surface area contributed by atoms with Gasteiger partial charge in [0.2, 0.25) is 0 Å². The number of halogens is 1.